The topological polar surface area (TPSA) is 109 Å². The van der Waals surface area contributed by atoms with Crippen LogP contribution in [0.4, 0.5) is 0 Å². The molecule has 3 aromatic heterocycles. The molecule has 236 valence electrons. The molecule has 4 aliphatic rings. The third-order valence-electron chi connectivity index (χ3n) is 10.8. The molecule has 2 aliphatic heterocycles. The number of piperidine rings is 1. The number of likely N-dealkylation sites (tertiary alicyclic amines) is 2. The van der Waals surface area contributed by atoms with E-state index in [-0.39, 0.29) is 29.9 Å². The second-order valence-corrected chi connectivity index (χ2v) is 14.2. The van der Waals surface area contributed by atoms with Crippen molar-refractivity contribution in [2.45, 2.75) is 82.9 Å². The molecule has 2 saturated heterocycles. The Morgan fingerprint density at radius 1 is 1.00 bits per heavy atom. The van der Waals surface area contributed by atoms with Crippen molar-refractivity contribution in [3.8, 4) is 11.4 Å². The van der Waals surface area contributed by atoms with Crippen molar-refractivity contribution >= 4 is 28.2 Å². The number of carbonyl (C=O) groups excluding carboxylic acids is 2. The van der Waals surface area contributed by atoms with Crippen LogP contribution >= 0.6 is 0 Å². The Balaban J connectivity index is 1.11. The van der Waals surface area contributed by atoms with E-state index in [9.17, 15) is 14.7 Å². The van der Waals surface area contributed by atoms with Gasteiger partial charge in [0.1, 0.15) is 5.69 Å². The molecule has 9 nitrogen and oxygen atoms in total. The molecule has 0 bridgehead atoms. The highest BCUT2D eigenvalue weighted by molar-refractivity contribution is 5.95. The molecule has 9 heteroatoms. The molecule has 2 amide bonds. The van der Waals surface area contributed by atoms with Crippen molar-refractivity contribution in [2.75, 3.05) is 26.2 Å². The van der Waals surface area contributed by atoms with Gasteiger partial charge in [-0.05, 0) is 81.5 Å². The summed E-state index contributed by atoms with van der Waals surface area (Å²) in [5, 5.41) is 16.4. The summed E-state index contributed by atoms with van der Waals surface area (Å²) in [4.78, 5) is 30.5. The summed E-state index contributed by atoms with van der Waals surface area (Å²) in [6.45, 7) is 5.90. The Labute approximate surface area is 264 Å². The van der Waals surface area contributed by atoms with Gasteiger partial charge in [0.05, 0.1) is 28.4 Å². The van der Waals surface area contributed by atoms with Crippen LogP contribution in [0.3, 0.4) is 0 Å². The molecular weight excluding hydrogens is 564 g/mol. The molecule has 8 rings (SSSR count). The first-order valence-corrected chi connectivity index (χ1v) is 17.0. The van der Waals surface area contributed by atoms with Crippen molar-refractivity contribution < 1.29 is 14.7 Å². The number of fused-ring (bicyclic) bond motifs is 2. The second kappa shape index (κ2) is 11.3. The van der Waals surface area contributed by atoms with E-state index in [0.717, 1.165) is 80.8 Å². The predicted molar refractivity (Wildman–Crippen MR) is 174 cm³/mol. The van der Waals surface area contributed by atoms with Crippen molar-refractivity contribution in [1.29, 1.82) is 0 Å². The smallest absolute Gasteiger partial charge is 0.255 e. The van der Waals surface area contributed by atoms with E-state index < -0.39 is 0 Å². The Kier molecular flexibility index (Phi) is 7.21. The SMILES string of the molecule is Cc1c(-c2cc3cccc(C4CN(C(=O)[C@@H]5CCC[C@H](O)C5)C4)c3n2CC2CC2)nn2cc(C(=O)N3CCC[C@@H](N)C3)ccc12. The van der Waals surface area contributed by atoms with Crippen molar-refractivity contribution in [3.05, 3.63) is 59.3 Å². The quantitative estimate of drug-likeness (QED) is 0.330. The van der Waals surface area contributed by atoms with Crippen molar-refractivity contribution in [1.82, 2.24) is 24.0 Å². The van der Waals surface area contributed by atoms with Crippen LogP contribution in [0, 0.1) is 18.8 Å². The van der Waals surface area contributed by atoms with E-state index in [1.807, 2.05) is 32.6 Å². The number of nitrogens with two attached hydrogens (primary N) is 1. The van der Waals surface area contributed by atoms with E-state index in [0.29, 0.717) is 30.4 Å². The summed E-state index contributed by atoms with van der Waals surface area (Å²) >= 11 is 0. The average Bonchev–Trinajstić information content (AvgIpc) is 3.68. The lowest BCUT2D eigenvalue weighted by atomic mass is 9.83. The van der Waals surface area contributed by atoms with Gasteiger partial charge in [-0.3, -0.25) is 9.59 Å². The molecule has 2 aliphatic carbocycles. The van der Waals surface area contributed by atoms with Gasteiger partial charge < -0.3 is 25.2 Å². The largest absolute Gasteiger partial charge is 0.393 e. The number of aromatic nitrogens is 3. The standard InChI is InChI=1S/C36H44N6O3/c1-22-31-13-12-26(36(45)39-14-4-7-28(37)21-39)20-42(31)38-33(22)32-16-24-5-3-9-30(34(24)41(32)17-23-10-11-23)27-18-40(19-27)35(44)25-6-2-8-29(43)15-25/h3,5,9,12-13,16,20,23,25,27-29,43H,2,4,6-8,10-11,14-15,17-19,21,37H2,1H3/t25-,28-,29+/m1/s1. The summed E-state index contributed by atoms with van der Waals surface area (Å²) < 4.78 is 4.36. The monoisotopic (exact) mass is 608 g/mol. The number of aliphatic hydroxyl groups is 1. The number of nitrogens with zero attached hydrogens (tertiary/aromatic N) is 5. The van der Waals surface area contributed by atoms with Gasteiger partial charge in [-0.2, -0.15) is 5.10 Å². The van der Waals surface area contributed by atoms with Gasteiger partial charge >= 0.3 is 0 Å². The number of pyridine rings is 1. The molecule has 0 spiro atoms. The van der Waals surface area contributed by atoms with Crippen LogP contribution in [0.5, 0.6) is 0 Å². The number of benzene rings is 1. The number of hydrogen-bond acceptors (Lipinski definition) is 5. The molecular formula is C36H44N6O3. The molecule has 45 heavy (non-hydrogen) atoms. The van der Waals surface area contributed by atoms with Crippen LogP contribution in [-0.2, 0) is 11.3 Å². The minimum Gasteiger partial charge on any atom is -0.393 e. The van der Waals surface area contributed by atoms with E-state index in [2.05, 4.69) is 35.8 Å². The highest BCUT2D eigenvalue weighted by Gasteiger charge is 2.38. The Bertz CT molecular complexity index is 1780. The lowest BCUT2D eigenvalue weighted by molar-refractivity contribution is -0.142. The molecule has 1 aromatic carbocycles. The fraction of sp³-hybridized carbons (Fsp3) is 0.528. The number of amides is 2. The fourth-order valence-electron chi connectivity index (χ4n) is 8.05. The van der Waals surface area contributed by atoms with Crippen LogP contribution in [-0.4, -0.2) is 79.2 Å². The number of para-hydroxylation sites is 1. The minimum absolute atomic E-state index is 0.0157. The van der Waals surface area contributed by atoms with Crippen LogP contribution in [0.1, 0.15) is 78.8 Å². The van der Waals surface area contributed by atoms with Crippen LogP contribution < -0.4 is 5.73 Å². The highest BCUT2D eigenvalue weighted by Crippen LogP contribution is 2.41. The first-order valence-electron chi connectivity index (χ1n) is 17.0. The summed E-state index contributed by atoms with van der Waals surface area (Å²) in [5.74, 6) is 1.16. The molecule has 0 radical (unpaired) electrons. The van der Waals surface area contributed by atoms with Gasteiger partial charge in [0.2, 0.25) is 5.91 Å². The van der Waals surface area contributed by atoms with Crippen LogP contribution in [0.2, 0.25) is 0 Å². The molecule has 4 fully saturated rings. The minimum atomic E-state index is -0.341. The molecule has 0 unspecified atom stereocenters. The lowest BCUT2D eigenvalue weighted by Crippen LogP contribution is -2.51. The second-order valence-electron chi connectivity index (χ2n) is 14.2. The Morgan fingerprint density at radius 2 is 1.84 bits per heavy atom. The summed E-state index contributed by atoms with van der Waals surface area (Å²) in [6.07, 6.45) is 9.16. The Hall–Kier alpha value is -3.69. The molecule has 2 saturated carbocycles. The third-order valence-corrected chi connectivity index (χ3v) is 10.8. The number of aryl methyl sites for hydroxylation is 1. The normalized spacial score (nSPS) is 24.4. The molecule has 3 N–H and O–H groups in total. The zero-order chi connectivity index (χ0) is 30.8. The maximum absolute atomic E-state index is 13.3. The van der Waals surface area contributed by atoms with Crippen LogP contribution in [0.25, 0.3) is 27.8 Å². The van der Waals surface area contributed by atoms with Crippen molar-refractivity contribution in [2.24, 2.45) is 17.6 Å². The van der Waals surface area contributed by atoms with E-state index in [1.54, 1.807) is 0 Å². The van der Waals surface area contributed by atoms with Crippen LogP contribution in [0.15, 0.2) is 42.6 Å². The maximum Gasteiger partial charge on any atom is 0.255 e. The van der Waals surface area contributed by atoms with Gasteiger partial charge in [0, 0.05) is 67.7 Å². The summed E-state index contributed by atoms with van der Waals surface area (Å²) in [7, 11) is 0. The number of rotatable bonds is 6. The zero-order valence-corrected chi connectivity index (χ0v) is 26.2. The lowest BCUT2D eigenvalue weighted by Gasteiger charge is -2.42. The van der Waals surface area contributed by atoms with Crippen molar-refractivity contribution in [3.63, 3.8) is 0 Å². The number of carbonyl (C=O) groups is 2. The summed E-state index contributed by atoms with van der Waals surface area (Å²) in [6, 6.07) is 12.8. The van der Waals surface area contributed by atoms with E-state index in [4.69, 9.17) is 10.8 Å². The van der Waals surface area contributed by atoms with Gasteiger partial charge in [-0.1, -0.05) is 24.6 Å². The maximum atomic E-state index is 13.3. The van der Waals surface area contributed by atoms with Gasteiger partial charge in [-0.15, -0.1) is 0 Å². The van der Waals surface area contributed by atoms with Gasteiger partial charge in [0.15, 0.2) is 0 Å². The first kappa shape index (κ1) is 28.8. The zero-order valence-electron chi connectivity index (χ0n) is 26.2. The first-order chi connectivity index (χ1) is 21.8. The average molecular weight is 609 g/mol. The fourth-order valence-corrected chi connectivity index (χ4v) is 8.05. The summed E-state index contributed by atoms with van der Waals surface area (Å²) in [5.41, 5.74) is 13.5. The highest BCUT2D eigenvalue weighted by atomic mass is 16.3. The van der Waals surface area contributed by atoms with Gasteiger partial charge in [0.25, 0.3) is 5.91 Å². The number of hydrogen-bond donors (Lipinski definition) is 2. The molecule has 5 heterocycles. The van der Waals surface area contributed by atoms with E-state index >= 15 is 0 Å². The molecule has 3 atom stereocenters. The Morgan fingerprint density at radius 3 is 2.62 bits per heavy atom. The van der Waals surface area contributed by atoms with Gasteiger partial charge in [-0.25, -0.2) is 4.52 Å². The number of aliphatic hydroxyl groups excluding tert-OH is 1. The van der Waals surface area contributed by atoms with E-state index in [1.165, 1.54) is 29.3 Å². The predicted octanol–water partition coefficient (Wildman–Crippen LogP) is 4.71. The third kappa shape index (κ3) is 5.23. The molecule has 4 aromatic rings.